The van der Waals surface area contributed by atoms with Gasteiger partial charge in [-0.1, -0.05) is 18.2 Å². The molecule has 0 bridgehead atoms. The number of aliphatic imine (C=N–C) groups is 1. The zero-order chi connectivity index (χ0) is 38.3. The third kappa shape index (κ3) is 7.57. The predicted octanol–water partition coefficient (Wildman–Crippen LogP) is 8.20. The van der Waals surface area contributed by atoms with Crippen LogP contribution < -0.4 is 10.9 Å². The van der Waals surface area contributed by atoms with Crippen molar-refractivity contribution in [1.82, 2.24) is 9.38 Å². The van der Waals surface area contributed by atoms with Crippen LogP contribution in [0.2, 0.25) is 0 Å². The van der Waals surface area contributed by atoms with Gasteiger partial charge in [0.2, 0.25) is 19.7 Å². The van der Waals surface area contributed by atoms with E-state index < -0.39 is 58.5 Å². The molecule has 0 aliphatic rings. The van der Waals surface area contributed by atoms with Gasteiger partial charge in [-0.05, 0) is 103 Å². The zero-order valence-corrected chi connectivity index (χ0v) is 28.6. The number of hydrogen-bond donors (Lipinski definition) is 1. The monoisotopic (exact) mass is 770 g/mol. The van der Waals surface area contributed by atoms with E-state index in [0.717, 1.165) is 48.5 Å². The second kappa shape index (κ2) is 13.6. The molecule has 0 spiro atoms. The van der Waals surface area contributed by atoms with Gasteiger partial charge < -0.3 is 5.32 Å². The van der Waals surface area contributed by atoms with Crippen molar-refractivity contribution in [2.45, 2.75) is 38.9 Å². The highest BCUT2D eigenvalue weighted by atomic mass is 32.2. The molecule has 17 heteroatoms. The first-order chi connectivity index (χ1) is 24.9. The van der Waals surface area contributed by atoms with E-state index in [-0.39, 0.29) is 38.2 Å². The fraction of sp³-hybridized carbons (Fsp3) is 0.0833. The molecule has 2 aromatic heterocycles. The number of anilines is 2. The summed E-state index contributed by atoms with van der Waals surface area (Å²) in [4.78, 5) is 20.9. The first kappa shape index (κ1) is 37.0. The van der Waals surface area contributed by atoms with Crippen molar-refractivity contribution in [3.8, 4) is 0 Å². The number of sulfone groups is 2. The summed E-state index contributed by atoms with van der Waals surface area (Å²) in [6.45, 7) is 1.72. The summed E-state index contributed by atoms with van der Waals surface area (Å²) in [5, 5.41) is 2.96. The van der Waals surface area contributed by atoms with Gasteiger partial charge in [0, 0.05) is 18.1 Å². The van der Waals surface area contributed by atoms with Gasteiger partial charge in [-0.2, -0.15) is 26.3 Å². The standard InChI is InChI=1S/C36H24F6N4O5S2/c1-22-5-4-18-46-33(22)45-32(44-26-12-16-28(17-13-26)53(50,51)30-9-3-7-24(20-30)36(40,41)42)31(34(46)47)21-43-25-10-14-27(15-11-25)52(48,49)29-8-2-6-23(19-29)35(37,38)39/h2-21,44H,1H3. The minimum atomic E-state index is -4.75. The largest absolute Gasteiger partial charge is 0.416 e. The maximum absolute atomic E-state index is 13.7. The lowest BCUT2D eigenvalue weighted by atomic mass is 10.2. The molecule has 0 amide bonds. The molecule has 4 aromatic carbocycles. The van der Waals surface area contributed by atoms with Crippen LogP contribution in [0.4, 0.5) is 43.5 Å². The van der Waals surface area contributed by atoms with Crippen molar-refractivity contribution < 1.29 is 43.2 Å². The molecule has 6 aromatic rings. The van der Waals surface area contributed by atoms with E-state index in [9.17, 15) is 48.0 Å². The van der Waals surface area contributed by atoms with Crippen molar-refractivity contribution in [3.63, 3.8) is 0 Å². The van der Waals surface area contributed by atoms with E-state index in [1.54, 1.807) is 19.1 Å². The van der Waals surface area contributed by atoms with Crippen LogP contribution in [0.5, 0.6) is 0 Å². The van der Waals surface area contributed by atoms with E-state index in [1.165, 1.54) is 53.2 Å². The average molecular weight is 771 g/mol. The van der Waals surface area contributed by atoms with E-state index in [4.69, 9.17) is 0 Å². The second-order valence-corrected chi connectivity index (χ2v) is 15.4. The van der Waals surface area contributed by atoms with Crippen LogP contribution in [-0.2, 0) is 32.0 Å². The van der Waals surface area contributed by atoms with Crippen molar-refractivity contribution in [1.29, 1.82) is 0 Å². The molecule has 0 saturated heterocycles. The Balaban J connectivity index is 1.31. The summed E-state index contributed by atoms with van der Waals surface area (Å²) in [6.07, 6.45) is -6.83. The number of alkyl halides is 6. The Morgan fingerprint density at radius 1 is 0.679 bits per heavy atom. The Morgan fingerprint density at radius 3 is 1.70 bits per heavy atom. The number of nitrogens with zero attached hydrogens (tertiary/aromatic N) is 3. The lowest BCUT2D eigenvalue weighted by Crippen LogP contribution is -2.22. The summed E-state index contributed by atoms with van der Waals surface area (Å²) < 4.78 is 133. The number of nitrogens with one attached hydrogen (secondary N) is 1. The minimum absolute atomic E-state index is 0.00489. The summed E-state index contributed by atoms with van der Waals surface area (Å²) in [7, 11) is -8.66. The summed E-state index contributed by atoms with van der Waals surface area (Å²) in [5.41, 5.74) is -1.50. The van der Waals surface area contributed by atoms with Gasteiger partial charge in [0.15, 0.2) is 0 Å². The van der Waals surface area contributed by atoms with Crippen LogP contribution in [-0.4, -0.2) is 32.4 Å². The number of aryl methyl sites for hydroxylation is 1. The first-order valence-electron chi connectivity index (χ1n) is 15.2. The molecule has 53 heavy (non-hydrogen) atoms. The Hall–Kier alpha value is -5.81. The van der Waals surface area contributed by atoms with Crippen molar-refractivity contribution in [2.75, 3.05) is 5.32 Å². The lowest BCUT2D eigenvalue weighted by Gasteiger charge is -2.13. The van der Waals surface area contributed by atoms with Crippen LogP contribution in [0.15, 0.2) is 145 Å². The predicted molar refractivity (Wildman–Crippen MR) is 183 cm³/mol. The van der Waals surface area contributed by atoms with E-state index in [0.29, 0.717) is 17.7 Å². The molecule has 2 heterocycles. The van der Waals surface area contributed by atoms with Crippen LogP contribution in [0.3, 0.4) is 0 Å². The maximum atomic E-state index is 13.7. The zero-order valence-electron chi connectivity index (χ0n) is 27.0. The van der Waals surface area contributed by atoms with Gasteiger partial charge in [-0.3, -0.25) is 14.2 Å². The minimum Gasteiger partial charge on any atom is -0.339 e. The van der Waals surface area contributed by atoms with Crippen LogP contribution in [0.25, 0.3) is 5.65 Å². The molecule has 0 aliphatic heterocycles. The fourth-order valence-electron chi connectivity index (χ4n) is 5.18. The molecule has 272 valence electrons. The molecule has 0 saturated carbocycles. The fourth-order valence-corrected chi connectivity index (χ4v) is 7.79. The number of benzene rings is 4. The SMILES string of the molecule is Cc1cccn2c(=O)c(C=Nc3ccc(S(=O)(=O)c4cccc(C(F)(F)F)c4)cc3)c(Nc3ccc(S(=O)(=O)c4cccc(C(F)(F)F)c4)cc3)nc12. The summed E-state index contributed by atoms with van der Waals surface area (Å²) >= 11 is 0. The van der Waals surface area contributed by atoms with Crippen molar-refractivity contribution >= 4 is 48.7 Å². The quantitative estimate of drug-likeness (QED) is 0.122. The number of halogens is 6. The van der Waals surface area contributed by atoms with Crippen LogP contribution >= 0.6 is 0 Å². The summed E-state index contributed by atoms with van der Waals surface area (Å²) in [5.74, 6) is 0.00489. The average Bonchev–Trinajstić information content (AvgIpc) is 3.12. The van der Waals surface area contributed by atoms with Crippen LogP contribution in [0, 0.1) is 6.92 Å². The number of rotatable bonds is 8. The molecular formula is C36H24F6N4O5S2. The van der Waals surface area contributed by atoms with Crippen molar-refractivity contribution in [3.05, 3.63) is 148 Å². The molecule has 0 fully saturated rings. The molecule has 1 N–H and O–H groups in total. The highest BCUT2D eigenvalue weighted by molar-refractivity contribution is 7.91. The van der Waals surface area contributed by atoms with Gasteiger partial charge in [0.25, 0.3) is 5.56 Å². The number of fused-ring (bicyclic) bond motifs is 1. The van der Waals surface area contributed by atoms with Gasteiger partial charge in [-0.25, -0.2) is 21.8 Å². The van der Waals surface area contributed by atoms with E-state index in [2.05, 4.69) is 15.3 Å². The molecule has 6 rings (SSSR count). The van der Waals surface area contributed by atoms with E-state index in [1.807, 2.05) is 0 Å². The second-order valence-electron chi connectivity index (χ2n) is 11.5. The van der Waals surface area contributed by atoms with Gasteiger partial charge in [0.05, 0.1) is 36.4 Å². The van der Waals surface area contributed by atoms with Gasteiger partial charge >= 0.3 is 12.4 Å². The van der Waals surface area contributed by atoms with Gasteiger partial charge in [-0.15, -0.1) is 0 Å². The molecule has 0 unspecified atom stereocenters. The molecule has 0 atom stereocenters. The van der Waals surface area contributed by atoms with E-state index >= 15 is 0 Å². The van der Waals surface area contributed by atoms with Crippen LogP contribution in [0.1, 0.15) is 22.3 Å². The van der Waals surface area contributed by atoms with Gasteiger partial charge in [0.1, 0.15) is 17.0 Å². The Kier molecular flexibility index (Phi) is 9.51. The maximum Gasteiger partial charge on any atom is 0.416 e. The normalized spacial score (nSPS) is 12.7. The number of hydrogen-bond acceptors (Lipinski definition) is 8. The third-order valence-electron chi connectivity index (χ3n) is 7.94. The first-order valence-corrected chi connectivity index (χ1v) is 18.2. The lowest BCUT2D eigenvalue weighted by molar-refractivity contribution is -0.138. The molecular weight excluding hydrogens is 747 g/mol. The molecule has 0 aliphatic carbocycles. The Labute approximate surface area is 297 Å². The number of aromatic nitrogens is 2. The Morgan fingerprint density at radius 2 is 1.19 bits per heavy atom. The Bertz CT molecular complexity index is 2680. The van der Waals surface area contributed by atoms with Crippen molar-refractivity contribution in [2.24, 2.45) is 4.99 Å². The molecule has 9 nitrogen and oxygen atoms in total. The smallest absolute Gasteiger partial charge is 0.339 e. The molecule has 0 radical (unpaired) electrons. The highest BCUT2D eigenvalue weighted by Crippen LogP contribution is 2.34. The summed E-state index contributed by atoms with van der Waals surface area (Å²) in [6, 6.07) is 20.0. The third-order valence-corrected chi connectivity index (χ3v) is 11.5. The number of pyridine rings is 1. The topological polar surface area (TPSA) is 127 Å². The highest BCUT2D eigenvalue weighted by Gasteiger charge is 2.33.